The van der Waals surface area contributed by atoms with Gasteiger partial charge < -0.3 is 10.8 Å². The van der Waals surface area contributed by atoms with Gasteiger partial charge in [-0.2, -0.15) is 13.2 Å². The molecule has 0 spiro atoms. The van der Waals surface area contributed by atoms with Crippen LogP contribution in [0.4, 0.5) is 13.2 Å². The van der Waals surface area contributed by atoms with E-state index in [9.17, 15) is 18.0 Å². The minimum Gasteiger partial charge on any atom is -0.391 e. The van der Waals surface area contributed by atoms with Crippen LogP contribution in [0.3, 0.4) is 0 Å². The van der Waals surface area contributed by atoms with Crippen molar-refractivity contribution in [3.05, 3.63) is 11.4 Å². The summed E-state index contributed by atoms with van der Waals surface area (Å²) in [5.41, 5.74) is 2.44. The van der Waals surface area contributed by atoms with Gasteiger partial charge >= 0.3 is 6.18 Å². The van der Waals surface area contributed by atoms with Crippen LogP contribution in [0.25, 0.3) is 0 Å². The van der Waals surface area contributed by atoms with Crippen LogP contribution >= 0.6 is 0 Å². The molecule has 3 N–H and O–H groups in total. The third-order valence-electron chi connectivity index (χ3n) is 1.67. The van der Waals surface area contributed by atoms with Crippen molar-refractivity contribution in [2.24, 2.45) is 5.73 Å². The molecule has 0 aliphatic rings. The molecule has 0 radical (unpaired) electrons. The summed E-state index contributed by atoms with van der Waals surface area (Å²) in [6.07, 6.45) is -5.86. The van der Waals surface area contributed by atoms with Crippen LogP contribution in [0.2, 0.25) is 0 Å². The van der Waals surface area contributed by atoms with Gasteiger partial charge in [-0.1, -0.05) is 5.21 Å². The molecule has 1 heterocycles. The number of hydrogen-bond donors (Lipinski definition) is 2. The number of amides is 1. The molecule has 6 nitrogen and oxygen atoms in total. The van der Waals surface area contributed by atoms with Crippen LogP contribution in [0.15, 0.2) is 0 Å². The van der Waals surface area contributed by atoms with Crippen molar-refractivity contribution in [3.63, 3.8) is 0 Å². The Labute approximate surface area is 87.8 Å². The number of nitrogens with two attached hydrogens (primary N) is 1. The molecule has 0 bridgehead atoms. The molecule has 16 heavy (non-hydrogen) atoms. The molecule has 1 rings (SSSR count). The Kier molecular flexibility index (Phi) is 3.17. The van der Waals surface area contributed by atoms with E-state index < -0.39 is 36.1 Å². The van der Waals surface area contributed by atoms with Crippen molar-refractivity contribution in [1.29, 1.82) is 0 Å². The maximum absolute atomic E-state index is 12.6. The first-order valence-electron chi connectivity index (χ1n) is 4.22. The summed E-state index contributed by atoms with van der Waals surface area (Å²) < 4.78 is 38.1. The number of nitrogens with zero attached hydrogens (tertiary/aromatic N) is 3. The van der Waals surface area contributed by atoms with E-state index in [2.05, 4.69) is 10.3 Å². The minimum absolute atomic E-state index is 0.407. The second-order valence-electron chi connectivity index (χ2n) is 3.18. The number of hydrogen-bond acceptors (Lipinski definition) is 4. The quantitative estimate of drug-likeness (QED) is 0.760. The number of carbonyl (C=O) groups is 1. The third-order valence-corrected chi connectivity index (χ3v) is 1.67. The number of halogens is 3. The predicted molar refractivity (Wildman–Crippen MR) is 45.2 cm³/mol. The molecular formula is C7H9F3N4O2. The van der Waals surface area contributed by atoms with Crippen LogP contribution in [-0.2, 0) is 12.7 Å². The number of aliphatic hydroxyl groups is 1. The van der Waals surface area contributed by atoms with E-state index in [-0.39, 0.29) is 0 Å². The molecule has 0 aliphatic heterocycles. The summed E-state index contributed by atoms with van der Waals surface area (Å²) >= 11 is 0. The zero-order chi connectivity index (χ0) is 12.5. The number of rotatable bonds is 3. The summed E-state index contributed by atoms with van der Waals surface area (Å²) in [4.78, 5) is 10.7. The average molecular weight is 238 g/mol. The Bertz CT molecular complexity index is 399. The standard InChI is InChI=1S/C7H9F3N4O2/c1-3(15)2-14-5(7(8,9)10)4(6(11)16)12-13-14/h3,15H,2H2,1H3,(H2,11,16). The monoisotopic (exact) mass is 238 g/mol. The second-order valence-corrected chi connectivity index (χ2v) is 3.18. The van der Waals surface area contributed by atoms with Crippen molar-refractivity contribution in [2.75, 3.05) is 0 Å². The van der Waals surface area contributed by atoms with Gasteiger partial charge in [0.05, 0.1) is 12.6 Å². The van der Waals surface area contributed by atoms with Crippen LogP contribution < -0.4 is 5.73 Å². The fourth-order valence-electron chi connectivity index (χ4n) is 1.14. The highest BCUT2D eigenvalue weighted by molar-refractivity contribution is 5.91. The van der Waals surface area contributed by atoms with Gasteiger partial charge in [0.25, 0.3) is 5.91 Å². The molecule has 0 aliphatic carbocycles. The Morgan fingerprint density at radius 2 is 2.19 bits per heavy atom. The highest BCUT2D eigenvalue weighted by atomic mass is 19.4. The summed E-state index contributed by atoms with van der Waals surface area (Å²) in [7, 11) is 0. The maximum Gasteiger partial charge on any atom is 0.435 e. The number of primary amides is 1. The molecule has 0 saturated heterocycles. The molecule has 1 atom stereocenters. The Morgan fingerprint density at radius 1 is 1.62 bits per heavy atom. The van der Waals surface area contributed by atoms with Gasteiger partial charge in [0.1, 0.15) is 0 Å². The van der Waals surface area contributed by atoms with Gasteiger partial charge in [-0.15, -0.1) is 5.10 Å². The SMILES string of the molecule is CC(O)Cn1nnc(C(N)=O)c1C(F)(F)F. The molecular weight excluding hydrogens is 229 g/mol. The highest BCUT2D eigenvalue weighted by Gasteiger charge is 2.41. The van der Waals surface area contributed by atoms with Gasteiger partial charge in [0.2, 0.25) is 0 Å². The second kappa shape index (κ2) is 4.08. The van der Waals surface area contributed by atoms with E-state index in [0.29, 0.717) is 4.68 Å². The smallest absolute Gasteiger partial charge is 0.391 e. The van der Waals surface area contributed by atoms with Crippen molar-refractivity contribution < 1.29 is 23.1 Å². The molecule has 1 unspecified atom stereocenters. The lowest BCUT2D eigenvalue weighted by Gasteiger charge is -2.11. The van der Waals surface area contributed by atoms with Crippen LogP contribution in [-0.4, -0.2) is 32.1 Å². The largest absolute Gasteiger partial charge is 0.435 e. The van der Waals surface area contributed by atoms with Gasteiger partial charge in [-0.25, -0.2) is 4.68 Å². The third kappa shape index (κ3) is 2.48. The van der Waals surface area contributed by atoms with Crippen LogP contribution in [0, 0.1) is 0 Å². The normalized spacial score (nSPS) is 13.8. The molecule has 0 saturated carbocycles. The first-order valence-corrected chi connectivity index (χ1v) is 4.22. The van der Waals surface area contributed by atoms with E-state index in [0.717, 1.165) is 0 Å². The average Bonchev–Trinajstić information content (AvgIpc) is 2.45. The van der Waals surface area contributed by atoms with Crippen molar-refractivity contribution in [3.8, 4) is 0 Å². The molecule has 1 amide bonds. The molecule has 90 valence electrons. The zero-order valence-electron chi connectivity index (χ0n) is 8.19. The summed E-state index contributed by atoms with van der Waals surface area (Å²) in [5.74, 6) is -1.32. The first kappa shape index (κ1) is 12.4. The minimum atomic E-state index is -4.80. The van der Waals surface area contributed by atoms with E-state index in [1.807, 2.05) is 0 Å². The van der Waals surface area contributed by atoms with Crippen LogP contribution in [0.5, 0.6) is 0 Å². The fraction of sp³-hybridized carbons (Fsp3) is 0.571. The molecule has 0 aromatic carbocycles. The van der Waals surface area contributed by atoms with Gasteiger partial charge in [0, 0.05) is 0 Å². The summed E-state index contributed by atoms with van der Waals surface area (Å²) in [5, 5.41) is 15.1. The fourth-order valence-corrected chi connectivity index (χ4v) is 1.14. The molecule has 0 fully saturated rings. The van der Waals surface area contributed by atoms with Crippen molar-refractivity contribution in [1.82, 2.24) is 15.0 Å². The maximum atomic E-state index is 12.6. The Balaban J connectivity index is 3.25. The molecule has 1 aromatic heterocycles. The van der Waals surface area contributed by atoms with Gasteiger partial charge in [0.15, 0.2) is 11.4 Å². The first-order chi connectivity index (χ1) is 7.23. The van der Waals surface area contributed by atoms with E-state index in [1.54, 1.807) is 0 Å². The lowest BCUT2D eigenvalue weighted by molar-refractivity contribution is -0.145. The summed E-state index contributed by atoms with van der Waals surface area (Å²) in [6, 6.07) is 0. The Hall–Kier alpha value is -1.64. The number of alkyl halides is 3. The van der Waals surface area contributed by atoms with Crippen LogP contribution in [0.1, 0.15) is 23.1 Å². The Morgan fingerprint density at radius 3 is 2.56 bits per heavy atom. The van der Waals surface area contributed by atoms with E-state index in [4.69, 9.17) is 10.8 Å². The number of aliphatic hydroxyl groups excluding tert-OH is 1. The van der Waals surface area contributed by atoms with Crippen molar-refractivity contribution >= 4 is 5.91 Å². The highest BCUT2D eigenvalue weighted by Crippen LogP contribution is 2.30. The van der Waals surface area contributed by atoms with E-state index in [1.165, 1.54) is 6.92 Å². The van der Waals surface area contributed by atoms with Gasteiger partial charge in [-0.3, -0.25) is 4.79 Å². The topological polar surface area (TPSA) is 94.0 Å². The van der Waals surface area contributed by atoms with Gasteiger partial charge in [-0.05, 0) is 6.92 Å². The van der Waals surface area contributed by atoms with E-state index >= 15 is 0 Å². The number of carbonyl (C=O) groups excluding carboxylic acids is 1. The molecule has 1 aromatic rings. The molecule has 9 heteroatoms. The van der Waals surface area contributed by atoms with Crippen molar-refractivity contribution in [2.45, 2.75) is 25.7 Å². The predicted octanol–water partition coefficient (Wildman–Crippen LogP) is -0.223. The zero-order valence-corrected chi connectivity index (χ0v) is 8.19. The lowest BCUT2D eigenvalue weighted by Crippen LogP contribution is -2.24. The number of aromatic nitrogens is 3. The lowest BCUT2D eigenvalue weighted by atomic mass is 10.3. The summed E-state index contributed by atoms with van der Waals surface area (Å²) in [6.45, 7) is 0.862.